The summed E-state index contributed by atoms with van der Waals surface area (Å²) in [5, 5.41) is 8.84. The predicted octanol–water partition coefficient (Wildman–Crippen LogP) is 1.64. The minimum absolute atomic E-state index is 0.588. The molecule has 0 amide bonds. The average Bonchev–Trinajstić information content (AvgIpc) is 2.16. The number of carbonyl (C=O) groups is 1. The van der Waals surface area contributed by atoms with Gasteiger partial charge in [-0.15, -0.1) is 11.8 Å². The van der Waals surface area contributed by atoms with Crippen molar-refractivity contribution in [3.63, 3.8) is 0 Å². The molecule has 1 N–H and O–H groups in total. The number of ether oxygens (including phenoxy) is 2. The minimum atomic E-state index is -0.785. The van der Waals surface area contributed by atoms with Gasteiger partial charge in [-0.2, -0.15) is 0 Å². The summed E-state index contributed by atoms with van der Waals surface area (Å²) in [6.45, 7) is 5.36. The van der Waals surface area contributed by atoms with E-state index in [1.54, 1.807) is 21.0 Å². The summed E-state index contributed by atoms with van der Waals surface area (Å²) in [5.74, 6) is -0.0846. The zero-order valence-electron chi connectivity index (χ0n) is 9.62. The molecule has 0 aromatic carbocycles. The van der Waals surface area contributed by atoms with E-state index in [1.165, 1.54) is 11.8 Å². The van der Waals surface area contributed by atoms with Gasteiger partial charge in [-0.1, -0.05) is 0 Å². The van der Waals surface area contributed by atoms with Crippen LogP contribution in [-0.2, 0) is 14.3 Å². The van der Waals surface area contributed by atoms with E-state index in [-0.39, 0.29) is 0 Å². The number of carboxylic acid groups (broad SMARTS) is 1. The van der Waals surface area contributed by atoms with Crippen LogP contribution in [-0.4, -0.2) is 48.5 Å². The third-order valence-electron chi connectivity index (χ3n) is 1.84. The van der Waals surface area contributed by atoms with E-state index in [0.29, 0.717) is 25.6 Å². The van der Waals surface area contributed by atoms with Gasteiger partial charge in [-0.25, -0.2) is 0 Å². The topological polar surface area (TPSA) is 55.8 Å². The molecule has 5 heteroatoms. The molecule has 0 aromatic rings. The molecule has 0 spiro atoms. The highest BCUT2D eigenvalue weighted by atomic mass is 32.2. The van der Waals surface area contributed by atoms with Crippen LogP contribution in [0.25, 0.3) is 0 Å². The molecular formula is C10H20O4S. The summed E-state index contributed by atoms with van der Waals surface area (Å²) in [5.41, 5.74) is 0. The van der Waals surface area contributed by atoms with Gasteiger partial charge in [0.2, 0.25) is 0 Å². The van der Waals surface area contributed by atoms with Crippen LogP contribution in [0.5, 0.6) is 0 Å². The van der Waals surface area contributed by atoms with Gasteiger partial charge in [0.1, 0.15) is 4.75 Å². The lowest BCUT2D eigenvalue weighted by Gasteiger charge is -2.18. The lowest BCUT2D eigenvalue weighted by molar-refractivity contribution is -0.138. The van der Waals surface area contributed by atoms with E-state index in [2.05, 4.69) is 0 Å². The fourth-order valence-electron chi connectivity index (χ4n) is 0.825. The van der Waals surface area contributed by atoms with Crippen LogP contribution in [0.3, 0.4) is 0 Å². The Morgan fingerprint density at radius 2 is 2.00 bits per heavy atom. The van der Waals surface area contributed by atoms with Crippen LogP contribution in [0.4, 0.5) is 0 Å². The Balaban J connectivity index is 3.35. The molecule has 0 saturated heterocycles. The highest BCUT2D eigenvalue weighted by Gasteiger charge is 2.26. The van der Waals surface area contributed by atoms with E-state index >= 15 is 0 Å². The molecule has 0 heterocycles. The second-order valence-corrected chi connectivity index (χ2v) is 5.34. The number of methoxy groups -OCH3 is 1. The summed E-state index contributed by atoms with van der Waals surface area (Å²) in [4.78, 5) is 10.7. The van der Waals surface area contributed by atoms with E-state index in [0.717, 1.165) is 6.42 Å². The molecule has 0 saturated carbocycles. The highest BCUT2D eigenvalue weighted by Crippen LogP contribution is 2.23. The molecule has 0 aliphatic carbocycles. The summed E-state index contributed by atoms with van der Waals surface area (Å²) in [6.07, 6.45) is 0.878. The number of aliphatic carboxylic acids is 1. The molecule has 0 radical (unpaired) electrons. The smallest absolute Gasteiger partial charge is 0.319 e. The first-order valence-corrected chi connectivity index (χ1v) is 5.93. The number of hydrogen-bond acceptors (Lipinski definition) is 4. The monoisotopic (exact) mass is 236 g/mol. The first-order valence-electron chi connectivity index (χ1n) is 4.94. The van der Waals surface area contributed by atoms with Crippen molar-refractivity contribution in [2.75, 3.05) is 32.7 Å². The summed E-state index contributed by atoms with van der Waals surface area (Å²) in [6, 6.07) is 0. The third kappa shape index (κ3) is 7.64. The minimum Gasteiger partial charge on any atom is -0.480 e. The Morgan fingerprint density at radius 3 is 2.53 bits per heavy atom. The first-order chi connectivity index (χ1) is 7.00. The van der Waals surface area contributed by atoms with Gasteiger partial charge >= 0.3 is 5.97 Å². The van der Waals surface area contributed by atoms with Crippen molar-refractivity contribution in [3.8, 4) is 0 Å². The van der Waals surface area contributed by atoms with Gasteiger partial charge in [0, 0.05) is 26.1 Å². The molecule has 0 rings (SSSR count). The SMILES string of the molecule is COCCCOCCSC(C)(C)C(=O)O. The lowest BCUT2D eigenvalue weighted by atomic mass is 10.2. The van der Waals surface area contributed by atoms with Gasteiger partial charge in [0.05, 0.1) is 6.61 Å². The molecule has 0 aliphatic heterocycles. The maximum Gasteiger partial charge on any atom is 0.319 e. The first kappa shape index (κ1) is 14.7. The van der Waals surface area contributed by atoms with E-state index in [4.69, 9.17) is 14.6 Å². The maximum atomic E-state index is 10.7. The van der Waals surface area contributed by atoms with Crippen LogP contribution in [0.15, 0.2) is 0 Å². The number of rotatable bonds is 9. The van der Waals surface area contributed by atoms with Gasteiger partial charge in [0.25, 0.3) is 0 Å². The molecule has 0 atom stereocenters. The number of thioether (sulfide) groups is 1. The summed E-state index contributed by atoms with van der Waals surface area (Å²) < 4.78 is 9.46. The van der Waals surface area contributed by atoms with Crippen molar-refractivity contribution in [2.45, 2.75) is 25.0 Å². The maximum absolute atomic E-state index is 10.7. The Kier molecular flexibility index (Phi) is 7.82. The van der Waals surface area contributed by atoms with Gasteiger partial charge < -0.3 is 14.6 Å². The molecule has 0 aliphatic rings. The van der Waals surface area contributed by atoms with Crippen molar-refractivity contribution in [1.29, 1.82) is 0 Å². The molecule has 0 unspecified atom stereocenters. The quantitative estimate of drug-likeness (QED) is 0.617. The number of hydrogen-bond donors (Lipinski definition) is 1. The third-order valence-corrected chi connectivity index (χ3v) is 3.11. The van der Waals surface area contributed by atoms with Crippen molar-refractivity contribution in [2.24, 2.45) is 0 Å². The Morgan fingerprint density at radius 1 is 1.33 bits per heavy atom. The van der Waals surface area contributed by atoms with Crippen LogP contribution in [0.2, 0.25) is 0 Å². The normalized spacial score (nSPS) is 11.7. The van der Waals surface area contributed by atoms with Crippen LogP contribution >= 0.6 is 11.8 Å². The van der Waals surface area contributed by atoms with Crippen LogP contribution in [0.1, 0.15) is 20.3 Å². The average molecular weight is 236 g/mol. The van der Waals surface area contributed by atoms with Crippen molar-refractivity contribution < 1.29 is 19.4 Å². The van der Waals surface area contributed by atoms with E-state index in [1.807, 2.05) is 0 Å². The standard InChI is InChI=1S/C10H20O4S/c1-10(2,9(11)12)15-8-7-14-6-4-5-13-3/h4-8H2,1-3H3,(H,11,12). The highest BCUT2D eigenvalue weighted by molar-refractivity contribution is 8.01. The lowest BCUT2D eigenvalue weighted by Crippen LogP contribution is -2.28. The van der Waals surface area contributed by atoms with Crippen molar-refractivity contribution >= 4 is 17.7 Å². The Labute approximate surface area is 95.3 Å². The molecule has 0 aromatic heterocycles. The molecule has 0 fully saturated rings. The molecule has 4 nitrogen and oxygen atoms in total. The molecule has 90 valence electrons. The van der Waals surface area contributed by atoms with E-state index < -0.39 is 10.7 Å². The summed E-state index contributed by atoms with van der Waals surface area (Å²) in [7, 11) is 1.66. The van der Waals surface area contributed by atoms with E-state index in [9.17, 15) is 4.79 Å². The Bertz CT molecular complexity index is 182. The Hall–Kier alpha value is -0.260. The molecule has 15 heavy (non-hydrogen) atoms. The fraction of sp³-hybridized carbons (Fsp3) is 0.900. The zero-order valence-corrected chi connectivity index (χ0v) is 10.4. The molecular weight excluding hydrogens is 216 g/mol. The van der Waals surface area contributed by atoms with Gasteiger partial charge in [0.15, 0.2) is 0 Å². The summed E-state index contributed by atoms with van der Waals surface area (Å²) >= 11 is 1.39. The van der Waals surface area contributed by atoms with Crippen LogP contribution < -0.4 is 0 Å². The van der Waals surface area contributed by atoms with Crippen molar-refractivity contribution in [1.82, 2.24) is 0 Å². The fourth-order valence-corrected chi connectivity index (χ4v) is 1.66. The zero-order chi connectivity index (χ0) is 11.7. The second-order valence-electron chi connectivity index (χ2n) is 3.62. The van der Waals surface area contributed by atoms with Crippen molar-refractivity contribution in [3.05, 3.63) is 0 Å². The predicted molar refractivity (Wildman–Crippen MR) is 61.5 cm³/mol. The number of carboxylic acids is 1. The van der Waals surface area contributed by atoms with Crippen LogP contribution in [0, 0.1) is 0 Å². The largest absolute Gasteiger partial charge is 0.480 e. The molecule has 0 bridgehead atoms. The van der Waals surface area contributed by atoms with Gasteiger partial charge in [-0.05, 0) is 20.3 Å². The second kappa shape index (κ2) is 7.96. The van der Waals surface area contributed by atoms with Gasteiger partial charge in [-0.3, -0.25) is 4.79 Å².